The number of thioether (sulfide) groups is 1. The molecule has 0 aromatic rings. The Morgan fingerprint density at radius 2 is 2.00 bits per heavy atom. The van der Waals surface area contributed by atoms with Crippen molar-refractivity contribution in [3.05, 3.63) is 19.1 Å². The molecule has 0 N–H and O–H groups in total. The van der Waals surface area contributed by atoms with Gasteiger partial charge in [-0.15, -0.1) is 0 Å². The minimum Gasteiger partial charge on any atom is -0.167 e. The van der Waals surface area contributed by atoms with Gasteiger partial charge in [0.15, 0.2) is 0 Å². The fourth-order valence-electron chi connectivity index (χ4n) is 0.435. The van der Waals surface area contributed by atoms with E-state index in [2.05, 4.69) is 6.92 Å². The van der Waals surface area contributed by atoms with Crippen LogP contribution in [0.15, 0.2) is 12.2 Å². The molecule has 1 radical (unpaired) electrons. The maximum Gasteiger partial charge on any atom is 0.409 e. The highest BCUT2D eigenvalue weighted by Gasteiger charge is 2.21. The molecular weight excluding hydrogens is 173 g/mol. The molecule has 0 unspecified atom stereocenters. The van der Waals surface area contributed by atoms with Crippen LogP contribution in [0, 0.1) is 6.92 Å². The fourth-order valence-corrected chi connectivity index (χ4v) is 1.04. The van der Waals surface area contributed by atoms with E-state index >= 15 is 0 Å². The van der Waals surface area contributed by atoms with Crippen molar-refractivity contribution in [3.8, 4) is 0 Å². The average molecular weight is 183 g/mol. The van der Waals surface area contributed by atoms with Crippen LogP contribution in [0.4, 0.5) is 13.2 Å². The van der Waals surface area contributed by atoms with Crippen molar-refractivity contribution in [1.29, 1.82) is 0 Å². The van der Waals surface area contributed by atoms with E-state index in [-0.39, 0.29) is 6.08 Å². The fraction of sp³-hybridized carbons (Fsp3) is 0.571. The van der Waals surface area contributed by atoms with E-state index in [1.165, 1.54) is 11.8 Å². The molecule has 0 saturated heterocycles. The van der Waals surface area contributed by atoms with E-state index < -0.39 is 6.18 Å². The van der Waals surface area contributed by atoms with Crippen molar-refractivity contribution in [1.82, 2.24) is 0 Å². The molecule has 0 aromatic heterocycles. The summed E-state index contributed by atoms with van der Waals surface area (Å²) in [6.45, 7) is 3.56. The summed E-state index contributed by atoms with van der Waals surface area (Å²) in [5, 5.41) is 0. The third-order valence-corrected chi connectivity index (χ3v) is 1.82. The van der Waals surface area contributed by atoms with Crippen molar-refractivity contribution in [3.63, 3.8) is 0 Å². The summed E-state index contributed by atoms with van der Waals surface area (Å²) in [6.07, 6.45) is -2.01. The summed E-state index contributed by atoms with van der Waals surface area (Å²) in [5.41, 5.74) is 0. The summed E-state index contributed by atoms with van der Waals surface area (Å²) < 4.78 is 34.4. The maximum atomic E-state index is 11.5. The normalized spacial score (nSPS) is 12.7. The highest BCUT2D eigenvalue weighted by Crippen LogP contribution is 2.16. The predicted octanol–water partition coefficient (Wildman–Crippen LogP) is 3.06. The van der Waals surface area contributed by atoms with Crippen molar-refractivity contribution in [2.75, 3.05) is 11.5 Å². The Balaban J connectivity index is 3.30. The molecule has 0 aromatic carbocycles. The molecule has 0 atom stereocenters. The van der Waals surface area contributed by atoms with Crippen molar-refractivity contribution >= 4 is 11.8 Å². The van der Waals surface area contributed by atoms with Crippen LogP contribution in [0.5, 0.6) is 0 Å². The highest BCUT2D eigenvalue weighted by atomic mass is 32.2. The summed E-state index contributed by atoms with van der Waals surface area (Å²) >= 11 is 1.44. The lowest BCUT2D eigenvalue weighted by atomic mass is 10.5. The van der Waals surface area contributed by atoms with Crippen LogP contribution in [0.2, 0.25) is 0 Å². The minimum atomic E-state index is -4.16. The van der Waals surface area contributed by atoms with E-state index in [9.17, 15) is 13.2 Å². The van der Waals surface area contributed by atoms with Crippen LogP contribution in [0.3, 0.4) is 0 Å². The lowest BCUT2D eigenvalue weighted by Gasteiger charge is -1.96. The Morgan fingerprint density at radius 1 is 1.36 bits per heavy atom. The number of hydrogen-bond donors (Lipinski definition) is 0. The third-order valence-electron chi connectivity index (χ3n) is 0.810. The first-order valence-electron chi connectivity index (χ1n) is 3.17. The second-order valence-electron chi connectivity index (χ2n) is 1.87. The van der Waals surface area contributed by atoms with Gasteiger partial charge in [-0.3, -0.25) is 0 Å². The van der Waals surface area contributed by atoms with Crippen molar-refractivity contribution in [2.24, 2.45) is 0 Å². The Kier molecular flexibility index (Phi) is 5.46. The molecule has 0 amide bonds. The third kappa shape index (κ3) is 9.88. The van der Waals surface area contributed by atoms with Crippen molar-refractivity contribution in [2.45, 2.75) is 12.6 Å². The van der Waals surface area contributed by atoms with E-state index in [0.717, 1.165) is 18.2 Å². The van der Waals surface area contributed by atoms with Gasteiger partial charge in [-0.1, -0.05) is 13.0 Å². The van der Waals surface area contributed by atoms with Gasteiger partial charge in [0.05, 0.1) is 0 Å². The zero-order valence-corrected chi connectivity index (χ0v) is 6.84. The molecule has 0 heterocycles. The van der Waals surface area contributed by atoms with Crippen LogP contribution < -0.4 is 0 Å². The zero-order valence-electron chi connectivity index (χ0n) is 6.03. The second-order valence-corrected chi connectivity index (χ2v) is 3.02. The quantitative estimate of drug-likeness (QED) is 0.477. The first kappa shape index (κ1) is 10.9. The summed E-state index contributed by atoms with van der Waals surface area (Å²) in [4.78, 5) is 0. The summed E-state index contributed by atoms with van der Waals surface area (Å²) in [7, 11) is 0. The van der Waals surface area contributed by atoms with Gasteiger partial charge in [0.25, 0.3) is 0 Å². The molecule has 65 valence electrons. The first-order valence-corrected chi connectivity index (χ1v) is 4.33. The molecule has 11 heavy (non-hydrogen) atoms. The van der Waals surface area contributed by atoms with Gasteiger partial charge in [-0.25, -0.2) is 0 Å². The Bertz CT molecular complexity index is 117. The SMILES string of the molecule is [CH2]CCSCC=CC(F)(F)F. The molecule has 0 spiro atoms. The molecule has 0 saturated carbocycles. The molecular formula is C7H10F3S. The topological polar surface area (TPSA) is 0 Å². The monoisotopic (exact) mass is 183 g/mol. The molecule has 0 rings (SSSR count). The zero-order chi connectivity index (χ0) is 8.74. The summed E-state index contributed by atoms with van der Waals surface area (Å²) in [6, 6.07) is 0. The lowest BCUT2D eigenvalue weighted by molar-refractivity contribution is -0.0799. The molecule has 0 aliphatic carbocycles. The van der Waals surface area contributed by atoms with Gasteiger partial charge >= 0.3 is 6.18 Å². The first-order chi connectivity index (χ1) is 5.06. The molecule has 0 aliphatic rings. The minimum absolute atomic E-state index is 0.267. The Hall–Kier alpha value is -0.120. The van der Waals surface area contributed by atoms with E-state index in [4.69, 9.17) is 0 Å². The number of rotatable bonds is 4. The Labute approximate surface area is 68.9 Å². The van der Waals surface area contributed by atoms with Gasteiger partial charge in [0, 0.05) is 11.8 Å². The standard InChI is InChI=1S/C7H10F3S/c1-2-5-11-6-3-4-7(8,9)10/h3-4H,1-2,5-6H2. The van der Waals surface area contributed by atoms with E-state index in [0.29, 0.717) is 5.75 Å². The van der Waals surface area contributed by atoms with Crippen LogP contribution in [0.25, 0.3) is 0 Å². The number of alkyl halides is 3. The van der Waals surface area contributed by atoms with Gasteiger partial charge in [0.2, 0.25) is 0 Å². The number of allylic oxidation sites excluding steroid dienone is 1. The lowest BCUT2D eigenvalue weighted by Crippen LogP contribution is -2.00. The van der Waals surface area contributed by atoms with Gasteiger partial charge in [-0.05, 0) is 12.2 Å². The van der Waals surface area contributed by atoms with Crippen LogP contribution in [-0.2, 0) is 0 Å². The van der Waals surface area contributed by atoms with Crippen LogP contribution >= 0.6 is 11.8 Å². The second kappa shape index (κ2) is 5.52. The van der Waals surface area contributed by atoms with Gasteiger partial charge in [0.1, 0.15) is 0 Å². The molecule has 0 bridgehead atoms. The smallest absolute Gasteiger partial charge is 0.167 e. The molecule has 4 heteroatoms. The van der Waals surface area contributed by atoms with Crippen molar-refractivity contribution < 1.29 is 13.2 Å². The van der Waals surface area contributed by atoms with Crippen LogP contribution in [0.1, 0.15) is 6.42 Å². The van der Waals surface area contributed by atoms with Gasteiger partial charge in [-0.2, -0.15) is 24.9 Å². The summed E-state index contributed by atoms with van der Waals surface area (Å²) in [5.74, 6) is 1.22. The number of halogens is 3. The predicted molar refractivity (Wildman–Crippen MR) is 42.5 cm³/mol. The maximum absolute atomic E-state index is 11.5. The van der Waals surface area contributed by atoms with E-state index in [1.54, 1.807) is 0 Å². The van der Waals surface area contributed by atoms with Gasteiger partial charge < -0.3 is 0 Å². The largest absolute Gasteiger partial charge is 0.409 e. The van der Waals surface area contributed by atoms with E-state index in [1.807, 2.05) is 0 Å². The highest BCUT2D eigenvalue weighted by molar-refractivity contribution is 7.99. The molecule has 0 aliphatic heterocycles. The number of hydrogen-bond acceptors (Lipinski definition) is 1. The molecule has 0 nitrogen and oxygen atoms in total. The Morgan fingerprint density at radius 3 is 2.45 bits per heavy atom. The average Bonchev–Trinajstić information content (AvgIpc) is 1.85. The molecule has 0 fully saturated rings. The van der Waals surface area contributed by atoms with Crippen LogP contribution in [-0.4, -0.2) is 17.7 Å².